The van der Waals surface area contributed by atoms with Crippen molar-refractivity contribution in [2.75, 3.05) is 196 Å². The van der Waals surface area contributed by atoms with E-state index in [0.29, 0.717) is 6.42 Å². The molecule has 0 aromatic rings. The molecular formula is C68H114N4O32S2. The number of nitrogens with one attached hydrogen (secondary N) is 4. The standard InChI is InChI=1S/C68H114N4O32S2/c1-5-50-62(86)59(83)44(2)65(102-50)99-28-25-92-22-19-89-16-10-69-55(79)6-13-95-40-68(36-47(76)37-72-58(82)9-32-105-53-34-49(78)54(35-48(53)77)106-33-31-98-43-75,41-96-14-7-56(80)70-11-17-90-20-23-93-26-29-100-66-45(3)60(84)63(87)51(38-73)103-66)42-97-15-8-57(81)71-12-18-91-21-24-94-27-30-101-67-46(4)61(85)64(88)52(39-74)104-67/h34-35,43-46,50-52,59-67,73-74,83-88H,5-33,36-42H2,1-4H3,(H,69,79)(H,70,80)(H,71,81)(H,72,82)/t44-,45-,46-,50-,51-,52-,59-,60-,61-,62+,63+,64+,65-,66-,67?,68?/m1/s1. The molecule has 1 aliphatic carbocycles. The van der Waals surface area contributed by atoms with Crippen LogP contribution in [0.5, 0.6) is 0 Å². The van der Waals surface area contributed by atoms with Gasteiger partial charge in [-0.05, 0) is 6.42 Å². The maximum absolute atomic E-state index is 14.0. The number of thioether (sulfide) groups is 2. The number of Topliss-reactive ketones (excluding diaryl/α,β-unsaturated/α-hetero) is 1. The summed E-state index contributed by atoms with van der Waals surface area (Å²) in [5, 5.41) is 91.0. The highest BCUT2D eigenvalue weighted by Crippen LogP contribution is 2.32. The molecule has 4 rings (SSSR count). The summed E-state index contributed by atoms with van der Waals surface area (Å²) in [6.45, 7) is 7.60. The van der Waals surface area contributed by atoms with Gasteiger partial charge in [-0.3, -0.25) is 38.4 Å². The Morgan fingerprint density at radius 1 is 0.443 bits per heavy atom. The van der Waals surface area contributed by atoms with Crippen LogP contribution in [0.1, 0.15) is 66.2 Å². The number of carbonyl (C=O) groups excluding carboxylic acids is 8. The first-order chi connectivity index (χ1) is 51.1. The van der Waals surface area contributed by atoms with Crippen LogP contribution < -0.4 is 21.3 Å². The van der Waals surface area contributed by atoms with Crippen LogP contribution in [0.15, 0.2) is 22.0 Å². The van der Waals surface area contributed by atoms with Crippen molar-refractivity contribution in [2.24, 2.45) is 23.2 Å². The van der Waals surface area contributed by atoms with Gasteiger partial charge in [0.05, 0.1) is 193 Å². The lowest BCUT2D eigenvalue weighted by Gasteiger charge is -2.41. The van der Waals surface area contributed by atoms with E-state index in [1.807, 2.05) is 6.92 Å². The zero-order chi connectivity index (χ0) is 77.5. The van der Waals surface area contributed by atoms with E-state index in [4.69, 9.17) is 71.1 Å². The summed E-state index contributed by atoms with van der Waals surface area (Å²) >= 11 is 2.05. The van der Waals surface area contributed by atoms with Gasteiger partial charge in [0, 0.05) is 98.6 Å². The van der Waals surface area contributed by atoms with Crippen LogP contribution in [0.25, 0.3) is 0 Å². The SMILES string of the molecule is CC[C@H]1O[C@@H](OCCOCCOCCNC(=O)CCOCC(COCCC(=O)NCCOCCOCCOC2O[C@H](CO)[C@H](O)[C@H](O)[C@H]2C)(COCCC(=O)NCCOCCOCCO[C@@H]2O[C@H](CO)[C@H](O)[C@H](O)[C@H]2C)CC(=O)CNC(=O)CCSC2=CC(=O)C(SCCOC=O)=CC2=O)[C@H](C)[C@@H](O)[C@H]1O. The number of ether oxygens (including phenoxy) is 16. The number of rotatable bonds is 61. The minimum absolute atomic E-state index is 0.0468. The summed E-state index contributed by atoms with van der Waals surface area (Å²) in [5.74, 6) is -4.25. The molecule has 36 nitrogen and oxygen atoms in total. The number of carbonyl (C=O) groups is 8. The summed E-state index contributed by atoms with van der Waals surface area (Å²) in [7, 11) is 0. The fourth-order valence-corrected chi connectivity index (χ4v) is 12.5. The molecule has 3 aliphatic heterocycles. The Morgan fingerprint density at radius 3 is 1.15 bits per heavy atom. The smallest absolute Gasteiger partial charge is 0.293 e. The summed E-state index contributed by atoms with van der Waals surface area (Å²) < 4.78 is 90.2. The first-order valence-electron chi connectivity index (χ1n) is 35.8. The molecule has 16 atom stereocenters. The summed E-state index contributed by atoms with van der Waals surface area (Å²) in [4.78, 5) is 102. The second-order valence-corrected chi connectivity index (χ2v) is 27.6. The number of allylic oxidation sites excluding steroid dienone is 4. The van der Waals surface area contributed by atoms with E-state index in [1.54, 1.807) is 20.8 Å². The molecule has 0 radical (unpaired) electrons. The van der Waals surface area contributed by atoms with Crippen LogP contribution in [-0.2, 0) is 114 Å². The molecule has 4 amide bonds. The van der Waals surface area contributed by atoms with Crippen molar-refractivity contribution < 1.29 is 155 Å². The topological polar surface area (TPSA) is 494 Å². The lowest BCUT2D eigenvalue weighted by molar-refractivity contribution is -0.284. The van der Waals surface area contributed by atoms with Gasteiger partial charge in [0.25, 0.3) is 6.47 Å². The molecule has 106 heavy (non-hydrogen) atoms. The van der Waals surface area contributed by atoms with Crippen molar-refractivity contribution in [3.8, 4) is 0 Å². The Hall–Kier alpha value is -4.38. The third-order valence-electron chi connectivity index (χ3n) is 17.0. The van der Waals surface area contributed by atoms with E-state index < -0.39 is 152 Å². The van der Waals surface area contributed by atoms with Crippen LogP contribution in [0.2, 0.25) is 0 Å². The molecule has 4 aliphatic rings. The highest BCUT2D eigenvalue weighted by Gasteiger charge is 2.45. The van der Waals surface area contributed by atoms with Crippen LogP contribution in [0.3, 0.4) is 0 Å². The Balaban J connectivity index is 1.28. The number of ketones is 3. The number of hydrogen-bond donors (Lipinski definition) is 12. The van der Waals surface area contributed by atoms with Crippen molar-refractivity contribution >= 4 is 71.0 Å². The Morgan fingerprint density at radius 2 is 0.783 bits per heavy atom. The predicted molar refractivity (Wildman–Crippen MR) is 375 cm³/mol. The Kier molecular flexibility index (Phi) is 48.9. The normalized spacial score (nSPS) is 26.0. The molecular weight excluding hydrogens is 1450 g/mol. The van der Waals surface area contributed by atoms with Gasteiger partial charge in [-0.25, -0.2) is 0 Å². The van der Waals surface area contributed by atoms with Gasteiger partial charge in [-0.15, -0.1) is 23.5 Å². The second-order valence-electron chi connectivity index (χ2n) is 25.3. The average molecular weight is 1560 g/mol. The summed E-state index contributed by atoms with van der Waals surface area (Å²) in [5.41, 5.74) is -1.33. The Labute approximate surface area is 626 Å². The minimum atomic E-state index is -1.33. The van der Waals surface area contributed by atoms with E-state index in [0.717, 1.165) is 23.5 Å². The van der Waals surface area contributed by atoms with E-state index in [1.165, 1.54) is 12.2 Å². The second kappa shape index (κ2) is 55.1. The van der Waals surface area contributed by atoms with Crippen LogP contribution in [0.4, 0.5) is 0 Å². The summed E-state index contributed by atoms with van der Waals surface area (Å²) in [6, 6.07) is 0. The summed E-state index contributed by atoms with van der Waals surface area (Å²) in [6.07, 6.45) is -9.67. The van der Waals surface area contributed by atoms with Gasteiger partial charge in [0.15, 0.2) is 36.2 Å². The maximum Gasteiger partial charge on any atom is 0.293 e. The average Bonchev–Trinajstić information content (AvgIpc) is 0.832. The minimum Gasteiger partial charge on any atom is -0.467 e. The number of aliphatic hydroxyl groups is 8. The van der Waals surface area contributed by atoms with Crippen molar-refractivity contribution in [3.05, 3.63) is 22.0 Å². The lowest BCUT2D eigenvalue weighted by Crippen LogP contribution is -2.55. The third-order valence-corrected chi connectivity index (χ3v) is 19.0. The van der Waals surface area contributed by atoms with Crippen molar-refractivity contribution in [3.63, 3.8) is 0 Å². The van der Waals surface area contributed by atoms with Gasteiger partial charge in [0.1, 0.15) is 37.1 Å². The van der Waals surface area contributed by atoms with Crippen molar-refractivity contribution in [2.45, 2.75) is 140 Å². The molecule has 3 fully saturated rings. The fraction of sp³-hybridized carbons (Fsp3) is 0.824. The fourth-order valence-electron chi connectivity index (χ4n) is 10.8. The molecule has 0 bridgehead atoms. The van der Waals surface area contributed by atoms with Gasteiger partial charge < -0.3 is 138 Å². The van der Waals surface area contributed by atoms with Gasteiger partial charge in [-0.2, -0.15) is 0 Å². The zero-order valence-electron chi connectivity index (χ0n) is 61.0. The van der Waals surface area contributed by atoms with E-state index in [2.05, 4.69) is 26.0 Å². The molecule has 12 N–H and O–H groups in total. The molecule has 0 saturated carbocycles. The molecule has 2 unspecified atom stereocenters. The lowest BCUT2D eigenvalue weighted by atomic mass is 9.85. The highest BCUT2D eigenvalue weighted by atomic mass is 32.2. The van der Waals surface area contributed by atoms with Gasteiger partial charge in [-0.1, -0.05) is 27.7 Å². The van der Waals surface area contributed by atoms with Gasteiger partial charge >= 0.3 is 0 Å². The molecule has 3 heterocycles. The zero-order valence-corrected chi connectivity index (χ0v) is 62.7. The van der Waals surface area contributed by atoms with Gasteiger partial charge in [0.2, 0.25) is 23.6 Å². The quantitative estimate of drug-likeness (QED) is 0.0159. The molecule has 0 aromatic carbocycles. The third kappa shape index (κ3) is 36.6. The van der Waals surface area contributed by atoms with E-state index >= 15 is 0 Å². The van der Waals surface area contributed by atoms with Crippen LogP contribution >= 0.6 is 23.5 Å². The Bertz CT molecular complexity index is 2410. The van der Waals surface area contributed by atoms with Crippen LogP contribution in [0, 0.1) is 23.2 Å². The largest absolute Gasteiger partial charge is 0.467 e. The molecule has 610 valence electrons. The molecule has 38 heteroatoms. The first kappa shape index (κ1) is 94.0. The predicted octanol–water partition coefficient (Wildman–Crippen LogP) is -3.64. The number of amides is 4. The molecule has 0 spiro atoms. The first-order valence-corrected chi connectivity index (χ1v) is 37.8. The highest BCUT2D eigenvalue weighted by molar-refractivity contribution is 8.04. The van der Waals surface area contributed by atoms with Crippen molar-refractivity contribution in [1.82, 2.24) is 21.3 Å². The number of hydrogen-bond acceptors (Lipinski definition) is 34. The van der Waals surface area contributed by atoms with E-state index in [-0.39, 0.29) is 231 Å². The monoisotopic (exact) mass is 1560 g/mol. The van der Waals surface area contributed by atoms with Crippen molar-refractivity contribution in [1.29, 1.82) is 0 Å². The van der Waals surface area contributed by atoms with Crippen LogP contribution in [-0.4, -0.2) is 358 Å². The number of aliphatic hydroxyl groups excluding tert-OH is 8. The molecule has 0 aromatic heterocycles. The maximum atomic E-state index is 14.0. The van der Waals surface area contributed by atoms with E-state index in [9.17, 15) is 79.2 Å². The molecule has 3 saturated heterocycles.